The summed E-state index contributed by atoms with van der Waals surface area (Å²) in [6.07, 6.45) is 8.53. The average molecular weight is 332 g/mol. The molecular weight excluding hydrogens is 304 g/mol. The number of fused-ring (bicyclic) bond motifs is 1. The van der Waals surface area contributed by atoms with Crippen molar-refractivity contribution >= 4 is 17.6 Å². The van der Waals surface area contributed by atoms with Crippen LogP contribution in [-0.2, 0) is 16.1 Å². The summed E-state index contributed by atoms with van der Waals surface area (Å²) in [5.41, 5.74) is 0.927. The molecule has 0 atom stereocenters. The third kappa shape index (κ3) is 4.16. The predicted molar refractivity (Wildman–Crippen MR) is 92.8 cm³/mol. The van der Waals surface area contributed by atoms with E-state index in [9.17, 15) is 9.59 Å². The zero-order chi connectivity index (χ0) is 16.9. The van der Waals surface area contributed by atoms with Gasteiger partial charge in [0.2, 0.25) is 11.8 Å². The Bertz CT molecular complexity index is 588. The van der Waals surface area contributed by atoms with Crippen molar-refractivity contribution in [2.45, 2.75) is 77.3 Å². The number of nitrogens with one attached hydrogen (secondary N) is 1. The maximum atomic E-state index is 12.5. The first kappa shape index (κ1) is 17.0. The summed E-state index contributed by atoms with van der Waals surface area (Å²) in [5.74, 6) is 0.900. The Labute approximate surface area is 143 Å². The number of hydrogen-bond donors (Lipinski definition) is 1. The predicted octanol–water partition coefficient (Wildman–Crippen LogP) is 2.55. The van der Waals surface area contributed by atoms with Crippen LogP contribution in [0.4, 0.5) is 5.82 Å². The standard InChI is InChI=1S/C18H28N4O2/c1-14-13-17-21(11-6-12-22(17)20-14)18(24)10-9-16(23)19-15-7-4-2-3-5-8-15/h13,15H,2-12H2,1H3,(H,19,23). The van der Waals surface area contributed by atoms with Crippen molar-refractivity contribution in [1.82, 2.24) is 15.1 Å². The molecule has 24 heavy (non-hydrogen) atoms. The molecule has 1 aromatic rings. The number of nitrogens with zero attached hydrogens (tertiary/aromatic N) is 3. The van der Waals surface area contributed by atoms with Crippen LogP contribution in [0.5, 0.6) is 0 Å². The second-order valence-electron chi connectivity index (χ2n) is 7.02. The molecule has 0 saturated heterocycles. The molecule has 2 heterocycles. The highest BCUT2D eigenvalue weighted by atomic mass is 16.2. The average Bonchev–Trinajstić information content (AvgIpc) is 2.77. The molecule has 1 aliphatic carbocycles. The highest BCUT2D eigenvalue weighted by Gasteiger charge is 2.24. The SMILES string of the molecule is Cc1cc2n(n1)CCCN2C(=O)CCC(=O)NC1CCCCCC1. The Morgan fingerprint density at radius 2 is 1.88 bits per heavy atom. The van der Waals surface area contributed by atoms with Crippen LogP contribution < -0.4 is 10.2 Å². The molecule has 1 aromatic heterocycles. The number of anilines is 1. The highest BCUT2D eigenvalue weighted by Crippen LogP contribution is 2.22. The Morgan fingerprint density at radius 3 is 2.62 bits per heavy atom. The van der Waals surface area contributed by atoms with E-state index in [1.165, 1.54) is 25.7 Å². The normalized spacial score (nSPS) is 18.8. The zero-order valence-electron chi connectivity index (χ0n) is 14.6. The first-order chi connectivity index (χ1) is 11.6. The van der Waals surface area contributed by atoms with Crippen LogP contribution >= 0.6 is 0 Å². The van der Waals surface area contributed by atoms with Crippen molar-refractivity contribution in [2.75, 3.05) is 11.4 Å². The van der Waals surface area contributed by atoms with Gasteiger partial charge < -0.3 is 5.32 Å². The maximum Gasteiger partial charge on any atom is 0.228 e. The molecule has 2 amide bonds. The van der Waals surface area contributed by atoms with Crippen LogP contribution in [0.3, 0.4) is 0 Å². The summed E-state index contributed by atoms with van der Waals surface area (Å²) in [5, 5.41) is 7.52. The van der Waals surface area contributed by atoms with Crippen LogP contribution in [0.2, 0.25) is 0 Å². The smallest absolute Gasteiger partial charge is 0.228 e. The number of aromatic nitrogens is 2. The van der Waals surface area contributed by atoms with Gasteiger partial charge in [0.15, 0.2) is 0 Å². The molecule has 2 aliphatic rings. The van der Waals surface area contributed by atoms with E-state index < -0.39 is 0 Å². The Balaban J connectivity index is 1.49. The van der Waals surface area contributed by atoms with Gasteiger partial charge in [0.05, 0.1) is 5.69 Å². The summed E-state index contributed by atoms with van der Waals surface area (Å²) in [7, 11) is 0. The molecule has 0 spiro atoms. The maximum absolute atomic E-state index is 12.5. The molecule has 1 saturated carbocycles. The molecule has 1 N–H and O–H groups in total. The van der Waals surface area contributed by atoms with E-state index in [2.05, 4.69) is 10.4 Å². The fourth-order valence-electron chi connectivity index (χ4n) is 3.74. The van der Waals surface area contributed by atoms with Crippen LogP contribution in [0.1, 0.15) is 63.5 Å². The lowest BCUT2D eigenvalue weighted by molar-refractivity contribution is -0.125. The van der Waals surface area contributed by atoms with Crippen molar-refractivity contribution < 1.29 is 9.59 Å². The van der Waals surface area contributed by atoms with E-state index in [4.69, 9.17) is 0 Å². The van der Waals surface area contributed by atoms with Gasteiger partial charge in [-0.1, -0.05) is 25.7 Å². The van der Waals surface area contributed by atoms with Gasteiger partial charge in [-0.05, 0) is 26.2 Å². The van der Waals surface area contributed by atoms with Gasteiger partial charge in [-0.3, -0.25) is 14.5 Å². The van der Waals surface area contributed by atoms with Gasteiger partial charge in [-0.2, -0.15) is 5.10 Å². The van der Waals surface area contributed by atoms with Crippen LogP contribution in [0.25, 0.3) is 0 Å². The number of aryl methyl sites for hydroxylation is 2. The lowest BCUT2D eigenvalue weighted by Gasteiger charge is -2.27. The summed E-state index contributed by atoms with van der Waals surface area (Å²) in [6, 6.07) is 2.25. The van der Waals surface area contributed by atoms with Gasteiger partial charge in [0.25, 0.3) is 0 Å². The van der Waals surface area contributed by atoms with E-state index in [1.54, 1.807) is 4.90 Å². The summed E-state index contributed by atoms with van der Waals surface area (Å²) < 4.78 is 1.89. The van der Waals surface area contributed by atoms with Gasteiger partial charge in [-0.25, -0.2) is 4.68 Å². The number of carbonyl (C=O) groups excluding carboxylic acids is 2. The summed E-state index contributed by atoms with van der Waals surface area (Å²) in [4.78, 5) is 26.5. The molecule has 6 nitrogen and oxygen atoms in total. The first-order valence-electron chi connectivity index (χ1n) is 9.27. The molecule has 6 heteroatoms. The summed E-state index contributed by atoms with van der Waals surface area (Å²) in [6.45, 7) is 3.51. The Kier molecular flexibility index (Phi) is 5.53. The van der Waals surface area contributed by atoms with E-state index in [1.807, 2.05) is 17.7 Å². The third-order valence-electron chi connectivity index (χ3n) is 5.00. The molecule has 1 aliphatic heterocycles. The number of carbonyl (C=O) groups is 2. The number of rotatable bonds is 4. The fourth-order valence-corrected chi connectivity index (χ4v) is 3.74. The molecular formula is C18H28N4O2. The third-order valence-corrected chi connectivity index (χ3v) is 5.00. The molecule has 132 valence electrons. The molecule has 3 rings (SSSR count). The van der Waals surface area contributed by atoms with E-state index in [0.29, 0.717) is 12.6 Å². The minimum absolute atomic E-state index is 0.0111. The van der Waals surface area contributed by atoms with Crippen molar-refractivity contribution in [1.29, 1.82) is 0 Å². The Morgan fingerprint density at radius 1 is 1.12 bits per heavy atom. The van der Waals surface area contributed by atoms with Crippen molar-refractivity contribution in [3.05, 3.63) is 11.8 Å². The van der Waals surface area contributed by atoms with Gasteiger partial charge in [0, 0.05) is 38.0 Å². The lowest BCUT2D eigenvalue weighted by atomic mass is 10.1. The van der Waals surface area contributed by atoms with E-state index in [0.717, 1.165) is 37.3 Å². The highest BCUT2D eigenvalue weighted by molar-refractivity contribution is 5.95. The molecule has 0 unspecified atom stereocenters. The topological polar surface area (TPSA) is 67.2 Å². The number of amides is 2. The van der Waals surface area contributed by atoms with Gasteiger partial charge in [-0.15, -0.1) is 0 Å². The van der Waals surface area contributed by atoms with Gasteiger partial charge >= 0.3 is 0 Å². The van der Waals surface area contributed by atoms with Gasteiger partial charge in [0.1, 0.15) is 5.82 Å². The monoisotopic (exact) mass is 332 g/mol. The molecule has 0 radical (unpaired) electrons. The zero-order valence-corrected chi connectivity index (χ0v) is 14.6. The van der Waals surface area contributed by atoms with E-state index in [-0.39, 0.29) is 24.7 Å². The van der Waals surface area contributed by atoms with Crippen molar-refractivity contribution in [3.63, 3.8) is 0 Å². The Hall–Kier alpha value is -1.85. The summed E-state index contributed by atoms with van der Waals surface area (Å²) >= 11 is 0. The molecule has 0 bridgehead atoms. The number of hydrogen-bond acceptors (Lipinski definition) is 3. The fraction of sp³-hybridized carbons (Fsp3) is 0.722. The minimum Gasteiger partial charge on any atom is -0.353 e. The first-order valence-corrected chi connectivity index (χ1v) is 9.27. The quantitative estimate of drug-likeness (QED) is 0.862. The lowest BCUT2D eigenvalue weighted by Crippen LogP contribution is -2.39. The second kappa shape index (κ2) is 7.81. The second-order valence-corrected chi connectivity index (χ2v) is 7.02. The van der Waals surface area contributed by atoms with Crippen molar-refractivity contribution in [2.24, 2.45) is 0 Å². The van der Waals surface area contributed by atoms with Crippen LogP contribution in [0.15, 0.2) is 6.07 Å². The largest absolute Gasteiger partial charge is 0.353 e. The molecule has 1 fully saturated rings. The van der Waals surface area contributed by atoms with Crippen molar-refractivity contribution in [3.8, 4) is 0 Å². The molecule has 0 aromatic carbocycles. The van der Waals surface area contributed by atoms with E-state index >= 15 is 0 Å². The minimum atomic E-state index is 0.0111. The van der Waals surface area contributed by atoms with Crippen LogP contribution in [-0.4, -0.2) is 34.2 Å². The van der Waals surface area contributed by atoms with Crippen LogP contribution in [0, 0.1) is 6.92 Å².